The van der Waals surface area contributed by atoms with Crippen molar-refractivity contribution in [1.29, 1.82) is 0 Å². The minimum Gasteiger partial charge on any atom is -0.323 e. The Hall–Kier alpha value is -2.18. The van der Waals surface area contributed by atoms with E-state index in [0.29, 0.717) is 11.5 Å². The maximum Gasteiger partial charge on any atom is 0.266 e. The fourth-order valence-corrected chi connectivity index (χ4v) is 2.70. The Bertz CT molecular complexity index is 929. The van der Waals surface area contributed by atoms with Gasteiger partial charge < -0.3 is 5.73 Å². The molecule has 3 rings (SSSR count). The lowest BCUT2D eigenvalue weighted by Crippen LogP contribution is -2.26. The third-order valence-corrected chi connectivity index (χ3v) is 3.81. The molecule has 2 heterocycles. The van der Waals surface area contributed by atoms with E-state index in [1.54, 1.807) is 19.1 Å². The highest BCUT2D eigenvalue weighted by Crippen LogP contribution is 2.26. The zero-order valence-electron chi connectivity index (χ0n) is 12.0. The first-order chi connectivity index (χ1) is 10.4. The van der Waals surface area contributed by atoms with Crippen molar-refractivity contribution in [3.05, 3.63) is 56.8 Å². The van der Waals surface area contributed by atoms with Crippen LogP contribution in [0.5, 0.6) is 0 Å². The van der Waals surface area contributed by atoms with E-state index in [1.165, 1.54) is 16.7 Å². The molecule has 114 valence electrons. The first-order valence-corrected chi connectivity index (χ1v) is 7.09. The van der Waals surface area contributed by atoms with Crippen LogP contribution < -0.4 is 11.3 Å². The summed E-state index contributed by atoms with van der Waals surface area (Å²) in [5, 5.41) is 7.34. The van der Waals surface area contributed by atoms with Crippen molar-refractivity contribution in [2.75, 3.05) is 0 Å². The molecule has 2 aromatic heterocycles. The predicted octanol–water partition coefficient (Wildman–Crippen LogP) is 2.83. The normalized spacial score (nSPS) is 12.8. The van der Waals surface area contributed by atoms with Gasteiger partial charge in [-0.15, -0.1) is 0 Å². The van der Waals surface area contributed by atoms with Crippen LogP contribution in [0.1, 0.15) is 24.4 Å². The van der Waals surface area contributed by atoms with E-state index in [4.69, 9.17) is 17.3 Å². The standard InChI is InChI=1S/C15H14ClFN4O/c1-7-5-13(20-19-7)21-12(8(2)18)6-9-11(17)4-3-10(16)14(9)15(21)22/h3-6,8H,18H2,1-2H3,(H,19,20). The van der Waals surface area contributed by atoms with Crippen molar-refractivity contribution in [2.45, 2.75) is 19.9 Å². The molecule has 3 N–H and O–H groups in total. The van der Waals surface area contributed by atoms with E-state index in [1.807, 2.05) is 6.92 Å². The topological polar surface area (TPSA) is 76.7 Å². The van der Waals surface area contributed by atoms with Crippen LogP contribution in [0.2, 0.25) is 5.02 Å². The van der Waals surface area contributed by atoms with Gasteiger partial charge in [0.1, 0.15) is 5.82 Å². The number of nitrogens with two attached hydrogens (primary N) is 1. The minimum absolute atomic E-state index is 0.117. The molecule has 22 heavy (non-hydrogen) atoms. The minimum atomic E-state index is -0.510. The second-order valence-electron chi connectivity index (χ2n) is 5.23. The van der Waals surface area contributed by atoms with E-state index in [2.05, 4.69) is 10.2 Å². The Labute approximate surface area is 130 Å². The number of nitrogens with zero attached hydrogens (tertiary/aromatic N) is 2. The lowest BCUT2D eigenvalue weighted by molar-refractivity contribution is 0.638. The third-order valence-electron chi connectivity index (χ3n) is 3.50. The van der Waals surface area contributed by atoms with Crippen LogP contribution in [0.25, 0.3) is 16.6 Å². The molecule has 5 nitrogen and oxygen atoms in total. The maximum absolute atomic E-state index is 14.1. The molecule has 3 aromatic rings. The summed E-state index contributed by atoms with van der Waals surface area (Å²) < 4.78 is 15.4. The first kappa shape index (κ1) is 14.7. The molecular weight excluding hydrogens is 307 g/mol. The number of H-pyrrole nitrogens is 1. The number of benzene rings is 1. The number of nitrogens with one attached hydrogen (secondary N) is 1. The number of rotatable bonds is 2. The van der Waals surface area contributed by atoms with E-state index in [9.17, 15) is 9.18 Å². The lowest BCUT2D eigenvalue weighted by atomic mass is 10.1. The molecule has 1 unspecified atom stereocenters. The van der Waals surface area contributed by atoms with Gasteiger partial charge in [-0.25, -0.2) is 4.39 Å². The van der Waals surface area contributed by atoms with Crippen molar-refractivity contribution >= 4 is 22.4 Å². The summed E-state index contributed by atoms with van der Waals surface area (Å²) >= 11 is 6.09. The van der Waals surface area contributed by atoms with E-state index >= 15 is 0 Å². The number of halogens is 2. The molecule has 0 aliphatic heterocycles. The van der Waals surface area contributed by atoms with Gasteiger partial charge in [-0.1, -0.05) is 11.6 Å². The Balaban J connectivity index is 2.50. The summed E-state index contributed by atoms with van der Waals surface area (Å²) in [5.74, 6) is -0.110. The molecule has 0 amide bonds. The molecule has 0 aliphatic carbocycles. The van der Waals surface area contributed by atoms with E-state index in [0.717, 1.165) is 5.69 Å². The summed E-state index contributed by atoms with van der Waals surface area (Å²) in [6, 6.07) is 5.39. The van der Waals surface area contributed by atoms with Crippen LogP contribution >= 0.6 is 11.6 Å². The maximum atomic E-state index is 14.1. The molecule has 0 spiro atoms. The molecular formula is C15H14ClFN4O. The van der Waals surface area contributed by atoms with Gasteiger partial charge in [-0.2, -0.15) is 5.10 Å². The van der Waals surface area contributed by atoms with Gasteiger partial charge in [0.2, 0.25) is 0 Å². The van der Waals surface area contributed by atoms with E-state index in [-0.39, 0.29) is 15.8 Å². The van der Waals surface area contributed by atoms with Gasteiger partial charge in [0.25, 0.3) is 5.56 Å². The monoisotopic (exact) mass is 320 g/mol. The first-order valence-electron chi connectivity index (χ1n) is 6.71. The van der Waals surface area contributed by atoms with Crippen molar-refractivity contribution < 1.29 is 4.39 Å². The van der Waals surface area contributed by atoms with Crippen molar-refractivity contribution in [3.8, 4) is 5.82 Å². The van der Waals surface area contributed by atoms with E-state index < -0.39 is 17.4 Å². The highest BCUT2D eigenvalue weighted by molar-refractivity contribution is 6.35. The van der Waals surface area contributed by atoms with Crippen LogP contribution in [0, 0.1) is 12.7 Å². The smallest absolute Gasteiger partial charge is 0.266 e. The Kier molecular flexibility index (Phi) is 3.50. The Morgan fingerprint density at radius 2 is 2.14 bits per heavy atom. The van der Waals surface area contributed by atoms with Gasteiger partial charge in [0, 0.05) is 28.9 Å². The van der Waals surface area contributed by atoms with Gasteiger partial charge in [-0.3, -0.25) is 14.5 Å². The fourth-order valence-electron chi connectivity index (χ4n) is 2.46. The molecule has 1 aromatic carbocycles. The van der Waals surface area contributed by atoms with Crippen molar-refractivity contribution in [2.24, 2.45) is 5.73 Å². The SMILES string of the molecule is Cc1cc(-n2c(C(C)N)cc3c(F)ccc(Cl)c3c2=O)n[nH]1. The summed E-state index contributed by atoms with van der Waals surface area (Å²) in [6.45, 7) is 3.54. The molecule has 0 saturated heterocycles. The van der Waals surface area contributed by atoms with Crippen LogP contribution in [-0.2, 0) is 0 Å². The number of aryl methyl sites for hydroxylation is 1. The largest absolute Gasteiger partial charge is 0.323 e. The predicted molar refractivity (Wildman–Crippen MR) is 84.0 cm³/mol. The number of aromatic amines is 1. The molecule has 0 aliphatic rings. The van der Waals surface area contributed by atoms with Gasteiger partial charge in [-0.05, 0) is 32.0 Å². The highest BCUT2D eigenvalue weighted by atomic mass is 35.5. The zero-order chi connectivity index (χ0) is 16.0. The van der Waals surface area contributed by atoms with Crippen molar-refractivity contribution in [3.63, 3.8) is 0 Å². The number of pyridine rings is 1. The molecule has 1 atom stereocenters. The molecule has 0 bridgehead atoms. The average Bonchev–Trinajstić information content (AvgIpc) is 2.88. The summed E-state index contributed by atoms with van der Waals surface area (Å²) in [4.78, 5) is 12.8. The Morgan fingerprint density at radius 3 is 2.73 bits per heavy atom. The van der Waals surface area contributed by atoms with Gasteiger partial charge >= 0.3 is 0 Å². The fraction of sp³-hybridized carbons (Fsp3) is 0.200. The summed E-state index contributed by atoms with van der Waals surface area (Å²) in [7, 11) is 0. The second kappa shape index (κ2) is 5.23. The second-order valence-corrected chi connectivity index (χ2v) is 5.63. The van der Waals surface area contributed by atoms with Gasteiger partial charge in [0.15, 0.2) is 5.82 Å². The van der Waals surface area contributed by atoms with Crippen LogP contribution in [-0.4, -0.2) is 14.8 Å². The molecule has 7 heteroatoms. The molecule has 0 saturated carbocycles. The average molecular weight is 321 g/mol. The third kappa shape index (κ3) is 2.20. The van der Waals surface area contributed by atoms with Crippen LogP contribution in [0.15, 0.2) is 29.1 Å². The van der Waals surface area contributed by atoms with Crippen molar-refractivity contribution in [1.82, 2.24) is 14.8 Å². The van der Waals surface area contributed by atoms with Gasteiger partial charge in [0.05, 0.1) is 10.4 Å². The highest BCUT2D eigenvalue weighted by Gasteiger charge is 2.19. The summed E-state index contributed by atoms with van der Waals surface area (Å²) in [6.07, 6.45) is 0. The van der Waals surface area contributed by atoms with Crippen LogP contribution in [0.4, 0.5) is 4.39 Å². The Morgan fingerprint density at radius 1 is 1.41 bits per heavy atom. The number of hydrogen-bond acceptors (Lipinski definition) is 3. The quantitative estimate of drug-likeness (QED) is 0.762. The number of fused-ring (bicyclic) bond motifs is 1. The molecule has 0 radical (unpaired) electrons. The number of hydrogen-bond donors (Lipinski definition) is 2. The van der Waals surface area contributed by atoms with Crippen LogP contribution in [0.3, 0.4) is 0 Å². The zero-order valence-corrected chi connectivity index (χ0v) is 12.8. The summed E-state index contributed by atoms with van der Waals surface area (Å²) in [5.41, 5.74) is 6.77. The number of aromatic nitrogens is 3. The molecule has 0 fully saturated rings. The lowest BCUT2D eigenvalue weighted by Gasteiger charge is -2.15.